The van der Waals surface area contributed by atoms with Gasteiger partial charge in [-0.2, -0.15) is 5.10 Å². The largest absolute Gasteiger partial charge is 0.383 e. The van der Waals surface area contributed by atoms with E-state index in [1.165, 1.54) is 0 Å². The lowest BCUT2D eigenvalue weighted by Gasteiger charge is -2.12. The summed E-state index contributed by atoms with van der Waals surface area (Å²) in [5, 5.41) is 4.29. The molecule has 0 bridgehead atoms. The summed E-state index contributed by atoms with van der Waals surface area (Å²) < 4.78 is 3.68. The van der Waals surface area contributed by atoms with Crippen LogP contribution in [-0.4, -0.2) is 35.1 Å². The average molecular weight is 407 g/mol. The topological polar surface area (TPSA) is 105 Å². The van der Waals surface area contributed by atoms with E-state index in [1.807, 2.05) is 59.3 Å². The highest BCUT2D eigenvalue weighted by Gasteiger charge is 2.23. The van der Waals surface area contributed by atoms with Crippen LogP contribution < -0.4 is 5.73 Å². The Labute approximate surface area is 177 Å². The number of hydrogen-bond donors (Lipinski definition) is 1. The minimum absolute atomic E-state index is 0.188. The number of hydrogen-bond acceptors (Lipinski definition) is 6. The SMILES string of the molecule is Nc1ncccc1-c1nc2ccc(-n3cccn3)nc2n1-c1ccc2c(c1)CCC2=O. The number of nitrogens with zero attached hydrogens (tertiary/aromatic N) is 6. The van der Waals surface area contributed by atoms with Crippen molar-refractivity contribution in [3.05, 3.63) is 78.2 Å². The summed E-state index contributed by atoms with van der Waals surface area (Å²) in [6.07, 6.45) is 6.50. The summed E-state index contributed by atoms with van der Waals surface area (Å²) >= 11 is 0. The Hall–Kier alpha value is -4.33. The minimum atomic E-state index is 0.188. The van der Waals surface area contributed by atoms with Crippen LogP contribution in [0.3, 0.4) is 0 Å². The standard InChI is InChI=1S/C23H17N7O/c24-21-17(3-1-10-25-21)22-27-18-7-9-20(29-12-2-11-26-29)28-23(18)30(22)15-5-6-16-14(13-15)4-8-19(16)31/h1-3,5-7,9-13H,4,8H2,(H2,24,25). The molecule has 0 atom stereocenters. The fourth-order valence-corrected chi connectivity index (χ4v) is 4.09. The molecular formula is C23H17N7O. The van der Waals surface area contributed by atoms with Crippen molar-refractivity contribution < 1.29 is 4.79 Å². The lowest BCUT2D eigenvalue weighted by molar-refractivity contribution is 0.0994. The van der Waals surface area contributed by atoms with Gasteiger partial charge in [-0.1, -0.05) is 0 Å². The van der Waals surface area contributed by atoms with Crippen molar-refractivity contribution in [2.45, 2.75) is 12.8 Å². The van der Waals surface area contributed by atoms with Crippen LogP contribution in [0.2, 0.25) is 0 Å². The number of nitrogen functional groups attached to an aromatic ring is 1. The van der Waals surface area contributed by atoms with E-state index in [-0.39, 0.29) is 5.78 Å². The lowest BCUT2D eigenvalue weighted by Crippen LogP contribution is -2.04. The van der Waals surface area contributed by atoms with Crippen molar-refractivity contribution in [1.29, 1.82) is 0 Å². The van der Waals surface area contributed by atoms with Crippen molar-refractivity contribution in [2.75, 3.05) is 5.73 Å². The Balaban J connectivity index is 1.65. The van der Waals surface area contributed by atoms with Gasteiger partial charge in [0.05, 0.1) is 5.56 Å². The second kappa shape index (κ2) is 6.60. The smallest absolute Gasteiger partial charge is 0.167 e. The second-order valence-electron chi connectivity index (χ2n) is 7.43. The summed E-state index contributed by atoms with van der Waals surface area (Å²) in [5.41, 5.74) is 11.0. The first-order valence-corrected chi connectivity index (χ1v) is 9.96. The number of pyridine rings is 2. The molecule has 6 rings (SSSR count). The molecule has 5 aromatic rings. The molecule has 0 amide bonds. The van der Waals surface area contributed by atoms with E-state index in [1.54, 1.807) is 17.1 Å². The van der Waals surface area contributed by atoms with Crippen LogP contribution in [0.5, 0.6) is 0 Å². The quantitative estimate of drug-likeness (QED) is 0.492. The van der Waals surface area contributed by atoms with Crippen LogP contribution >= 0.6 is 0 Å². The molecule has 4 aromatic heterocycles. The Bertz CT molecular complexity index is 1470. The number of benzene rings is 1. The first-order chi connectivity index (χ1) is 15.2. The Morgan fingerprint density at radius 3 is 2.71 bits per heavy atom. The van der Waals surface area contributed by atoms with Gasteiger partial charge in [0.1, 0.15) is 11.3 Å². The molecule has 0 spiro atoms. The highest BCUT2D eigenvalue weighted by Crippen LogP contribution is 2.32. The number of anilines is 1. The fourth-order valence-electron chi connectivity index (χ4n) is 4.09. The van der Waals surface area contributed by atoms with E-state index >= 15 is 0 Å². The number of fused-ring (bicyclic) bond motifs is 2. The minimum Gasteiger partial charge on any atom is -0.383 e. The number of carbonyl (C=O) groups is 1. The maximum Gasteiger partial charge on any atom is 0.167 e. The molecule has 150 valence electrons. The Morgan fingerprint density at radius 2 is 1.87 bits per heavy atom. The van der Waals surface area contributed by atoms with Crippen LogP contribution in [0.4, 0.5) is 5.82 Å². The second-order valence-corrected chi connectivity index (χ2v) is 7.43. The van der Waals surface area contributed by atoms with Gasteiger partial charge in [-0.3, -0.25) is 9.36 Å². The molecule has 0 saturated heterocycles. The maximum absolute atomic E-state index is 12.1. The molecule has 1 aliphatic rings. The van der Waals surface area contributed by atoms with Gasteiger partial charge in [0, 0.05) is 36.3 Å². The third-order valence-electron chi connectivity index (χ3n) is 5.58. The van der Waals surface area contributed by atoms with E-state index in [0.717, 1.165) is 34.3 Å². The molecule has 0 saturated carbocycles. The van der Waals surface area contributed by atoms with Gasteiger partial charge in [-0.05, 0) is 60.5 Å². The summed E-state index contributed by atoms with van der Waals surface area (Å²) in [5.74, 6) is 1.91. The number of aromatic nitrogens is 6. The predicted octanol–water partition coefficient (Wildman–Crippen LogP) is 3.38. The zero-order chi connectivity index (χ0) is 20.9. The van der Waals surface area contributed by atoms with Crippen LogP contribution in [0.1, 0.15) is 22.3 Å². The van der Waals surface area contributed by atoms with Crippen LogP contribution in [-0.2, 0) is 6.42 Å². The molecule has 4 heterocycles. The number of ketones is 1. The highest BCUT2D eigenvalue weighted by molar-refractivity contribution is 6.00. The van der Waals surface area contributed by atoms with Gasteiger partial charge in [-0.25, -0.2) is 19.6 Å². The summed E-state index contributed by atoms with van der Waals surface area (Å²) in [6, 6.07) is 15.2. The molecule has 0 radical (unpaired) electrons. The number of nitrogens with two attached hydrogens (primary N) is 1. The molecule has 0 fully saturated rings. The molecule has 8 heteroatoms. The number of rotatable bonds is 3. The Morgan fingerprint density at radius 1 is 0.935 bits per heavy atom. The third-order valence-corrected chi connectivity index (χ3v) is 5.58. The number of Topliss-reactive ketones (excluding diaryl/α,β-unsaturated/α-hetero) is 1. The van der Waals surface area contributed by atoms with Crippen molar-refractivity contribution in [3.63, 3.8) is 0 Å². The summed E-state index contributed by atoms with van der Waals surface area (Å²) in [4.78, 5) is 26.0. The molecule has 1 aromatic carbocycles. The van der Waals surface area contributed by atoms with Crippen molar-refractivity contribution >= 4 is 22.8 Å². The fraction of sp³-hybridized carbons (Fsp3) is 0.0870. The number of imidazole rings is 1. The third kappa shape index (κ3) is 2.72. The maximum atomic E-state index is 12.1. The van der Waals surface area contributed by atoms with Crippen molar-refractivity contribution in [3.8, 4) is 22.9 Å². The molecule has 0 unspecified atom stereocenters. The van der Waals surface area contributed by atoms with Gasteiger partial charge in [-0.15, -0.1) is 0 Å². The van der Waals surface area contributed by atoms with Gasteiger partial charge in [0.25, 0.3) is 0 Å². The number of aryl methyl sites for hydroxylation is 1. The molecular weight excluding hydrogens is 390 g/mol. The summed E-state index contributed by atoms with van der Waals surface area (Å²) in [6.45, 7) is 0. The molecule has 0 aliphatic heterocycles. The Kier molecular flexibility index (Phi) is 3.73. The lowest BCUT2D eigenvalue weighted by atomic mass is 10.1. The first-order valence-electron chi connectivity index (χ1n) is 9.96. The molecule has 1 aliphatic carbocycles. The van der Waals surface area contributed by atoms with Crippen LogP contribution in [0.15, 0.2) is 67.1 Å². The molecule has 31 heavy (non-hydrogen) atoms. The van der Waals surface area contributed by atoms with Crippen molar-refractivity contribution in [1.82, 2.24) is 29.3 Å². The van der Waals surface area contributed by atoms with E-state index in [2.05, 4.69) is 10.1 Å². The highest BCUT2D eigenvalue weighted by atomic mass is 16.1. The van der Waals surface area contributed by atoms with E-state index in [0.29, 0.717) is 29.5 Å². The van der Waals surface area contributed by atoms with Gasteiger partial charge in [0.15, 0.2) is 23.1 Å². The average Bonchev–Trinajstić information content (AvgIpc) is 3.52. The van der Waals surface area contributed by atoms with E-state index in [9.17, 15) is 4.79 Å². The van der Waals surface area contributed by atoms with Crippen LogP contribution in [0.25, 0.3) is 34.1 Å². The molecule has 8 nitrogen and oxygen atoms in total. The normalized spacial score (nSPS) is 13.1. The zero-order valence-electron chi connectivity index (χ0n) is 16.4. The van der Waals surface area contributed by atoms with Gasteiger partial charge in [0.2, 0.25) is 0 Å². The summed E-state index contributed by atoms with van der Waals surface area (Å²) in [7, 11) is 0. The zero-order valence-corrected chi connectivity index (χ0v) is 16.4. The monoisotopic (exact) mass is 407 g/mol. The van der Waals surface area contributed by atoms with Gasteiger partial charge < -0.3 is 5.73 Å². The van der Waals surface area contributed by atoms with Crippen molar-refractivity contribution in [2.24, 2.45) is 0 Å². The van der Waals surface area contributed by atoms with E-state index in [4.69, 9.17) is 15.7 Å². The van der Waals surface area contributed by atoms with Gasteiger partial charge >= 0.3 is 0 Å². The first kappa shape index (κ1) is 17.5. The predicted molar refractivity (Wildman–Crippen MR) is 116 cm³/mol. The molecule has 2 N–H and O–H groups in total. The van der Waals surface area contributed by atoms with E-state index < -0.39 is 0 Å². The number of carbonyl (C=O) groups excluding carboxylic acids is 1. The van der Waals surface area contributed by atoms with Crippen LogP contribution in [0, 0.1) is 0 Å².